The van der Waals surface area contributed by atoms with Gasteiger partial charge in [-0.25, -0.2) is 0 Å². The third-order valence-electron chi connectivity index (χ3n) is 3.38. The van der Waals surface area contributed by atoms with Crippen LogP contribution in [0.2, 0.25) is 0 Å². The highest BCUT2D eigenvalue weighted by Crippen LogP contribution is 2.34. The summed E-state index contributed by atoms with van der Waals surface area (Å²) in [6.45, 7) is 1.67. The van der Waals surface area contributed by atoms with Gasteiger partial charge in [0.05, 0.1) is 5.60 Å². The highest BCUT2D eigenvalue weighted by molar-refractivity contribution is 5.26. The first-order valence-corrected chi connectivity index (χ1v) is 5.78. The first kappa shape index (κ1) is 11.4. The number of phenolic OH excluding ortho intramolecular Hbond substituents is 1. The van der Waals surface area contributed by atoms with E-state index < -0.39 is 0 Å². The van der Waals surface area contributed by atoms with Crippen LogP contribution in [0.5, 0.6) is 5.75 Å². The molecule has 0 heterocycles. The maximum atomic E-state index is 9.32. The van der Waals surface area contributed by atoms with Gasteiger partial charge in [0, 0.05) is 20.2 Å². The van der Waals surface area contributed by atoms with Crippen LogP contribution in [0.15, 0.2) is 24.3 Å². The van der Waals surface area contributed by atoms with Crippen molar-refractivity contribution in [2.45, 2.75) is 31.4 Å². The summed E-state index contributed by atoms with van der Waals surface area (Å²) in [4.78, 5) is 0. The fourth-order valence-electron chi connectivity index (χ4n) is 2.13. The van der Waals surface area contributed by atoms with Gasteiger partial charge in [0.15, 0.2) is 0 Å². The molecule has 16 heavy (non-hydrogen) atoms. The van der Waals surface area contributed by atoms with Gasteiger partial charge in [-0.1, -0.05) is 12.1 Å². The van der Waals surface area contributed by atoms with Gasteiger partial charge in [-0.15, -0.1) is 0 Å². The second-order valence-corrected chi connectivity index (χ2v) is 4.51. The van der Waals surface area contributed by atoms with Gasteiger partial charge < -0.3 is 15.2 Å². The molecule has 0 aliphatic heterocycles. The van der Waals surface area contributed by atoms with E-state index in [-0.39, 0.29) is 5.60 Å². The fraction of sp³-hybridized carbons (Fsp3) is 0.538. The topological polar surface area (TPSA) is 41.5 Å². The molecule has 0 unspecified atom stereocenters. The Hall–Kier alpha value is -1.06. The van der Waals surface area contributed by atoms with Crippen molar-refractivity contribution in [2.24, 2.45) is 0 Å². The molecule has 0 bridgehead atoms. The van der Waals surface area contributed by atoms with E-state index in [1.165, 1.54) is 6.42 Å². The second-order valence-electron chi connectivity index (χ2n) is 4.51. The first-order valence-electron chi connectivity index (χ1n) is 5.78. The predicted molar refractivity (Wildman–Crippen MR) is 63.4 cm³/mol. The molecule has 2 rings (SSSR count). The molecular formula is C13H19NO2. The van der Waals surface area contributed by atoms with Crippen LogP contribution in [-0.2, 0) is 11.3 Å². The minimum absolute atomic E-state index is 0.0663. The molecule has 0 amide bonds. The van der Waals surface area contributed by atoms with Crippen LogP contribution in [0.4, 0.5) is 0 Å². The molecule has 1 aliphatic rings. The molecule has 3 nitrogen and oxygen atoms in total. The molecule has 0 spiro atoms. The zero-order chi connectivity index (χ0) is 11.4. The Balaban J connectivity index is 1.79. The molecule has 2 N–H and O–H groups in total. The van der Waals surface area contributed by atoms with E-state index in [1.54, 1.807) is 19.2 Å². The molecule has 1 saturated carbocycles. The highest BCUT2D eigenvalue weighted by Gasteiger charge is 2.36. The van der Waals surface area contributed by atoms with Gasteiger partial charge in [-0.05, 0) is 37.0 Å². The van der Waals surface area contributed by atoms with E-state index in [4.69, 9.17) is 4.74 Å². The molecule has 88 valence electrons. The van der Waals surface area contributed by atoms with Crippen LogP contribution in [0.1, 0.15) is 24.8 Å². The van der Waals surface area contributed by atoms with Crippen molar-refractivity contribution in [2.75, 3.05) is 13.7 Å². The van der Waals surface area contributed by atoms with Gasteiger partial charge >= 0.3 is 0 Å². The third-order valence-corrected chi connectivity index (χ3v) is 3.38. The zero-order valence-electron chi connectivity index (χ0n) is 9.70. The average Bonchev–Trinajstić information content (AvgIpc) is 2.22. The van der Waals surface area contributed by atoms with Crippen molar-refractivity contribution in [3.63, 3.8) is 0 Å². The number of rotatable bonds is 5. The van der Waals surface area contributed by atoms with Crippen LogP contribution in [0, 0.1) is 0 Å². The molecular weight excluding hydrogens is 202 g/mol. The maximum Gasteiger partial charge on any atom is 0.115 e. The van der Waals surface area contributed by atoms with Crippen molar-refractivity contribution in [1.29, 1.82) is 0 Å². The predicted octanol–water partition coefficient (Wildman–Crippen LogP) is 2.05. The van der Waals surface area contributed by atoms with E-state index in [0.717, 1.165) is 31.5 Å². The Kier molecular flexibility index (Phi) is 3.46. The molecule has 1 aliphatic carbocycles. The van der Waals surface area contributed by atoms with Gasteiger partial charge in [0.25, 0.3) is 0 Å². The Labute approximate surface area is 96.4 Å². The summed E-state index contributed by atoms with van der Waals surface area (Å²) in [7, 11) is 1.79. The smallest absolute Gasteiger partial charge is 0.115 e. The lowest BCUT2D eigenvalue weighted by atomic mass is 9.80. The van der Waals surface area contributed by atoms with Crippen LogP contribution in [-0.4, -0.2) is 24.4 Å². The SMILES string of the molecule is COC1(CNCc2cccc(O)c2)CCC1. The zero-order valence-corrected chi connectivity index (χ0v) is 9.70. The van der Waals surface area contributed by atoms with E-state index >= 15 is 0 Å². The number of hydrogen-bond donors (Lipinski definition) is 2. The van der Waals surface area contributed by atoms with Crippen molar-refractivity contribution in [3.8, 4) is 5.75 Å². The maximum absolute atomic E-state index is 9.32. The minimum atomic E-state index is 0.0663. The summed E-state index contributed by atoms with van der Waals surface area (Å²) in [6, 6.07) is 7.34. The molecule has 1 fully saturated rings. The lowest BCUT2D eigenvalue weighted by molar-refractivity contribution is -0.0695. The molecule has 0 saturated heterocycles. The second kappa shape index (κ2) is 4.85. The van der Waals surface area contributed by atoms with Crippen LogP contribution in [0.25, 0.3) is 0 Å². The van der Waals surface area contributed by atoms with Gasteiger partial charge in [-0.3, -0.25) is 0 Å². The van der Waals surface area contributed by atoms with Crippen molar-refractivity contribution >= 4 is 0 Å². The summed E-state index contributed by atoms with van der Waals surface area (Å²) in [5.41, 5.74) is 1.17. The Morgan fingerprint density at radius 3 is 2.81 bits per heavy atom. The van der Waals surface area contributed by atoms with Gasteiger partial charge in [0.1, 0.15) is 5.75 Å². The summed E-state index contributed by atoms with van der Waals surface area (Å²) < 4.78 is 5.52. The summed E-state index contributed by atoms with van der Waals surface area (Å²) in [5, 5.41) is 12.7. The summed E-state index contributed by atoms with van der Waals surface area (Å²) in [5.74, 6) is 0.324. The lowest BCUT2D eigenvalue weighted by Gasteiger charge is -2.40. The minimum Gasteiger partial charge on any atom is -0.508 e. The number of ether oxygens (including phenoxy) is 1. The van der Waals surface area contributed by atoms with Gasteiger partial charge in [-0.2, -0.15) is 0 Å². The standard InChI is InChI=1S/C13H19NO2/c1-16-13(6-3-7-13)10-14-9-11-4-2-5-12(15)8-11/h2,4-5,8,14-15H,3,6-7,9-10H2,1H3. The molecule has 3 heteroatoms. The summed E-state index contributed by atoms with van der Waals surface area (Å²) >= 11 is 0. The van der Waals surface area contributed by atoms with E-state index in [2.05, 4.69) is 5.32 Å². The first-order chi connectivity index (χ1) is 7.74. The number of benzene rings is 1. The van der Waals surface area contributed by atoms with E-state index in [1.807, 2.05) is 12.1 Å². The van der Waals surface area contributed by atoms with Crippen molar-refractivity contribution in [3.05, 3.63) is 29.8 Å². The highest BCUT2D eigenvalue weighted by atomic mass is 16.5. The van der Waals surface area contributed by atoms with Crippen molar-refractivity contribution < 1.29 is 9.84 Å². The number of hydrogen-bond acceptors (Lipinski definition) is 3. The molecule has 0 atom stereocenters. The number of aromatic hydroxyl groups is 1. The summed E-state index contributed by atoms with van der Waals surface area (Å²) in [6.07, 6.45) is 3.56. The molecule has 1 aromatic rings. The number of methoxy groups -OCH3 is 1. The monoisotopic (exact) mass is 221 g/mol. The van der Waals surface area contributed by atoms with Crippen LogP contribution < -0.4 is 5.32 Å². The fourth-order valence-corrected chi connectivity index (χ4v) is 2.13. The third kappa shape index (κ3) is 2.54. The van der Waals surface area contributed by atoms with E-state index in [0.29, 0.717) is 5.75 Å². The quantitative estimate of drug-likeness (QED) is 0.799. The molecule has 1 aromatic carbocycles. The molecule has 0 aromatic heterocycles. The number of nitrogens with one attached hydrogen (secondary N) is 1. The number of phenols is 1. The van der Waals surface area contributed by atoms with Crippen LogP contribution in [0.3, 0.4) is 0 Å². The molecule has 0 radical (unpaired) electrons. The van der Waals surface area contributed by atoms with Crippen molar-refractivity contribution in [1.82, 2.24) is 5.32 Å². The normalized spacial score (nSPS) is 18.1. The largest absolute Gasteiger partial charge is 0.508 e. The van der Waals surface area contributed by atoms with E-state index in [9.17, 15) is 5.11 Å². The average molecular weight is 221 g/mol. The van der Waals surface area contributed by atoms with Gasteiger partial charge in [0.2, 0.25) is 0 Å². The lowest BCUT2D eigenvalue weighted by Crippen LogP contribution is -2.47. The Morgan fingerprint density at radius 1 is 1.44 bits per heavy atom. The Morgan fingerprint density at radius 2 is 2.25 bits per heavy atom. The Bertz CT molecular complexity index is 342. The van der Waals surface area contributed by atoms with Crippen LogP contribution >= 0.6 is 0 Å².